The van der Waals surface area contributed by atoms with Crippen LogP contribution in [0.25, 0.3) is 16.8 Å². The van der Waals surface area contributed by atoms with Gasteiger partial charge in [0.15, 0.2) is 11.5 Å². The van der Waals surface area contributed by atoms with Gasteiger partial charge in [-0.05, 0) is 49.2 Å². The van der Waals surface area contributed by atoms with E-state index in [1.54, 1.807) is 30.5 Å². The molecule has 0 aliphatic carbocycles. The second-order valence-electron chi connectivity index (χ2n) is 6.04. The molecular weight excluding hydrogens is 376 g/mol. The van der Waals surface area contributed by atoms with Gasteiger partial charge in [0.05, 0.1) is 17.3 Å². The van der Waals surface area contributed by atoms with Gasteiger partial charge in [0, 0.05) is 12.3 Å². The molecule has 0 saturated carbocycles. The minimum Gasteiger partial charge on any atom is -0.490 e. The van der Waals surface area contributed by atoms with Crippen molar-refractivity contribution < 1.29 is 9.47 Å². The molecule has 0 radical (unpaired) electrons. The van der Waals surface area contributed by atoms with Gasteiger partial charge in [-0.3, -0.25) is 9.20 Å². The quantitative estimate of drug-likeness (QED) is 0.589. The smallest absolute Gasteiger partial charge is 0.258 e. The molecule has 0 aliphatic rings. The van der Waals surface area contributed by atoms with Crippen LogP contribution in [0.15, 0.2) is 47.4 Å². The van der Waals surface area contributed by atoms with E-state index in [4.69, 9.17) is 27.5 Å². The van der Waals surface area contributed by atoms with Gasteiger partial charge < -0.3 is 9.47 Å². The number of hydrogen-bond donors (Lipinski definition) is 0. The number of pyridine rings is 1. The molecule has 0 bridgehead atoms. The summed E-state index contributed by atoms with van der Waals surface area (Å²) in [6.45, 7) is 4.43. The Hall–Kier alpha value is -3.23. The minimum atomic E-state index is -0.191. The van der Waals surface area contributed by atoms with Gasteiger partial charge in [0.25, 0.3) is 5.56 Å². The maximum atomic E-state index is 12.4. The molecule has 0 spiro atoms. The lowest BCUT2D eigenvalue weighted by Crippen LogP contribution is -2.15. The van der Waals surface area contributed by atoms with Crippen molar-refractivity contribution in [3.63, 3.8) is 0 Å². The van der Waals surface area contributed by atoms with Crippen molar-refractivity contribution in [2.24, 2.45) is 0 Å². The van der Waals surface area contributed by atoms with Crippen molar-refractivity contribution in [2.75, 3.05) is 13.2 Å². The Morgan fingerprint density at radius 3 is 2.82 bits per heavy atom. The van der Waals surface area contributed by atoms with Crippen molar-refractivity contribution >= 4 is 28.4 Å². The van der Waals surface area contributed by atoms with E-state index >= 15 is 0 Å². The van der Waals surface area contributed by atoms with Crippen LogP contribution in [0.2, 0.25) is 0 Å². The van der Waals surface area contributed by atoms with E-state index in [2.05, 4.69) is 10.9 Å². The molecule has 0 aliphatic heterocycles. The summed E-state index contributed by atoms with van der Waals surface area (Å²) in [7, 11) is 0. The molecule has 6 heteroatoms. The SMILES string of the molecule is C#CCOc1ccc(/C=C(\Cl)c2cc(=O)n3cc(C)ccc3n2)cc1OCC. The van der Waals surface area contributed by atoms with Gasteiger partial charge in [-0.15, -0.1) is 6.42 Å². The van der Waals surface area contributed by atoms with Crippen LogP contribution in [-0.2, 0) is 0 Å². The van der Waals surface area contributed by atoms with Crippen molar-refractivity contribution in [3.8, 4) is 23.8 Å². The summed E-state index contributed by atoms with van der Waals surface area (Å²) in [5, 5.41) is 0.347. The molecule has 28 heavy (non-hydrogen) atoms. The highest BCUT2D eigenvalue weighted by Crippen LogP contribution is 2.30. The summed E-state index contributed by atoms with van der Waals surface area (Å²) < 4.78 is 12.6. The first-order valence-corrected chi connectivity index (χ1v) is 9.10. The number of hydrogen-bond acceptors (Lipinski definition) is 4. The van der Waals surface area contributed by atoms with Gasteiger partial charge in [0.2, 0.25) is 0 Å². The third-order valence-corrected chi connectivity index (χ3v) is 4.23. The maximum absolute atomic E-state index is 12.4. The van der Waals surface area contributed by atoms with Crippen LogP contribution in [0.3, 0.4) is 0 Å². The first kappa shape index (κ1) is 19.5. The predicted molar refractivity (Wildman–Crippen MR) is 112 cm³/mol. The lowest BCUT2D eigenvalue weighted by Gasteiger charge is -2.11. The molecule has 0 unspecified atom stereocenters. The topological polar surface area (TPSA) is 52.8 Å². The molecule has 1 aromatic carbocycles. The Kier molecular flexibility index (Phi) is 6.03. The second-order valence-corrected chi connectivity index (χ2v) is 6.45. The fraction of sp³-hybridized carbons (Fsp3) is 0.182. The van der Waals surface area contributed by atoms with E-state index in [0.29, 0.717) is 34.5 Å². The Bertz CT molecular complexity index is 1140. The van der Waals surface area contributed by atoms with Crippen LogP contribution in [0.4, 0.5) is 0 Å². The third-order valence-electron chi connectivity index (χ3n) is 3.92. The van der Waals surface area contributed by atoms with Crippen LogP contribution in [0.5, 0.6) is 11.5 Å². The maximum Gasteiger partial charge on any atom is 0.258 e. The number of nitrogens with zero attached hydrogens (tertiary/aromatic N) is 2. The van der Waals surface area contributed by atoms with Crippen LogP contribution in [0.1, 0.15) is 23.7 Å². The predicted octanol–water partition coefficient (Wildman–Crippen LogP) is 4.15. The van der Waals surface area contributed by atoms with Crippen molar-refractivity contribution in [3.05, 3.63) is 69.8 Å². The van der Waals surface area contributed by atoms with E-state index in [0.717, 1.165) is 11.1 Å². The highest BCUT2D eigenvalue weighted by atomic mass is 35.5. The summed E-state index contributed by atoms with van der Waals surface area (Å²) in [6, 6.07) is 10.5. The number of aryl methyl sites for hydroxylation is 1. The van der Waals surface area contributed by atoms with Crippen LogP contribution in [0, 0.1) is 19.3 Å². The number of ether oxygens (including phenoxy) is 2. The van der Waals surface area contributed by atoms with Crippen molar-refractivity contribution in [1.29, 1.82) is 0 Å². The Labute approximate surface area is 168 Å². The first-order valence-electron chi connectivity index (χ1n) is 8.72. The lowest BCUT2D eigenvalue weighted by molar-refractivity contribution is 0.299. The van der Waals surface area contributed by atoms with Crippen molar-refractivity contribution in [2.45, 2.75) is 13.8 Å². The number of rotatable bonds is 6. The standard InChI is InChI=1S/C22H19ClN2O3/c1-4-10-28-19-8-7-16(12-20(19)27-5-2)11-17(23)18-13-22(26)25-14-15(3)6-9-21(25)24-18/h1,6-9,11-14H,5,10H2,2-3H3/b17-11-. The monoisotopic (exact) mass is 394 g/mol. The van der Waals surface area contributed by atoms with E-state index in [9.17, 15) is 4.79 Å². The lowest BCUT2D eigenvalue weighted by atomic mass is 10.1. The number of terminal acetylenes is 1. The number of benzene rings is 1. The Morgan fingerprint density at radius 2 is 2.07 bits per heavy atom. The van der Waals surface area contributed by atoms with E-state index < -0.39 is 0 Å². The molecule has 0 N–H and O–H groups in total. The summed E-state index contributed by atoms with van der Waals surface area (Å²) in [4.78, 5) is 16.9. The molecule has 0 saturated heterocycles. The number of fused-ring (bicyclic) bond motifs is 1. The largest absolute Gasteiger partial charge is 0.490 e. The normalized spacial score (nSPS) is 11.3. The zero-order valence-electron chi connectivity index (χ0n) is 15.6. The molecule has 2 heterocycles. The molecule has 3 aromatic rings. The highest BCUT2D eigenvalue weighted by Gasteiger charge is 2.09. The third kappa shape index (κ3) is 4.36. The van der Waals surface area contributed by atoms with Crippen LogP contribution < -0.4 is 15.0 Å². The van der Waals surface area contributed by atoms with Crippen molar-refractivity contribution in [1.82, 2.24) is 9.38 Å². The van der Waals surface area contributed by atoms with Gasteiger partial charge in [-0.2, -0.15) is 0 Å². The number of aromatic nitrogens is 2. The first-order chi connectivity index (χ1) is 13.5. The van der Waals surface area contributed by atoms with Gasteiger partial charge in [-0.25, -0.2) is 4.98 Å². The summed E-state index contributed by atoms with van der Waals surface area (Å²) in [5.41, 5.74) is 2.51. The van der Waals surface area contributed by atoms with Gasteiger partial charge >= 0.3 is 0 Å². The molecule has 142 valence electrons. The molecular formula is C22H19ClN2O3. The van der Waals surface area contributed by atoms with Gasteiger partial charge in [0.1, 0.15) is 12.3 Å². The second kappa shape index (κ2) is 8.64. The van der Waals surface area contributed by atoms with Crippen LogP contribution >= 0.6 is 11.6 Å². The summed E-state index contributed by atoms with van der Waals surface area (Å²) >= 11 is 6.45. The molecule has 2 aromatic heterocycles. The fourth-order valence-corrected chi connectivity index (χ4v) is 2.90. The summed E-state index contributed by atoms with van der Waals surface area (Å²) in [6.07, 6.45) is 8.71. The molecule has 0 amide bonds. The van der Waals surface area contributed by atoms with E-state index in [1.165, 1.54) is 10.5 Å². The number of halogens is 1. The van der Waals surface area contributed by atoms with E-state index in [1.807, 2.05) is 26.0 Å². The zero-order chi connectivity index (χ0) is 20.1. The van der Waals surface area contributed by atoms with Crippen LogP contribution in [-0.4, -0.2) is 22.6 Å². The molecule has 0 fully saturated rings. The summed E-state index contributed by atoms with van der Waals surface area (Å²) in [5.74, 6) is 3.55. The minimum absolute atomic E-state index is 0.153. The molecule has 3 rings (SSSR count). The Balaban J connectivity index is 1.98. The average molecular weight is 395 g/mol. The van der Waals surface area contributed by atoms with Gasteiger partial charge in [-0.1, -0.05) is 29.7 Å². The zero-order valence-corrected chi connectivity index (χ0v) is 16.4. The van der Waals surface area contributed by atoms with E-state index in [-0.39, 0.29) is 12.2 Å². The average Bonchev–Trinajstić information content (AvgIpc) is 2.68. The Morgan fingerprint density at radius 1 is 1.25 bits per heavy atom. The highest BCUT2D eigenvalue weighted by molar-refractivity contribution is 6.51. The molecule has 0 atom stereocenters. The molecule has 5 nitrogen and oxygen atoms in total. The fourth-order valence-electron chi connectivity index (χ4n) is 2.67.